The van der Waals surface area contributed by atoms with Crippen molar-refractivity contribution in [3.8, 4) is 0 Å². The number of rotatable bonds is 5. The quantitative estimate of drug-likeness (QED) is 0.315. The molecule has 0 aromatic heterocycles. The molecule has 4 aliphatic rings. The van der Waals surface area contributed by atoms with Crippen LogP contribution >= 0.6 is 0 Å². The van der Waals surface area contributed by atoms with Gasteiger partial charge in [0, 0.05) is 5.57 Å². The normalized spacial score (nSPS) is 43.6. The number of allylic oxidation sites excluding steroid dienone is 2. The molecule has 4 heteroatoms. The van der Waals surface area contributed by atoms with E-state index in [0.717, 1.165) is 32.1 Å². The van der Waals surface area contributed by atoms with Crippen LogP contribution < -0.4 is 0 Å². The summed E-state index contributed by atoms with van der Waals surface area (Å²) in [5.74, 6) is 0.213. The average Bonchev–Trinajstić information content (AvgIpc) is 3.05. The van der Waals surface area contributed by atoms with E-state index >= 15 is 0 Å². The second-order valence-corrected chi connectivity index (χ2v) is 13.6. The minimum atomic E-state index is -0.908. The lowest BCUT2D eigenvalue weighted by molar-refractivity contribution is -0.132. The molecule has 34 heavy (non-hydrogen) atoms. The van der Waals surface area contributed by atoms with Gasteiger partial charge in [0.2, 0.25) is 0 Å². The maximum atomic E-state index is 11.2. The maximum Gasteiger partial charge on any atom is 0.330 e. The molecule has 3 N–H and O–H groups in total. The molecule has 4 aliphatic carbocycles. The van der Waals surface area contributed by atoms with Crippen molar-refractivity contribution in [1.29, 1.82) is 0 Å². The van der Waals surface area contributed by atoms with Gasteiger partial charge in [-0.15, -0.1) is 0 Å². The van der Waals surface area contributed by atoms with E-state index in [4.69, 9.17) is 5.11 Å². The van der Waals surface area contributed by atoms with Crippen LogP contribution in [0.15, 0.2) is 22.8 Å². The van der Waals surface area contributed by atoms with E-state index in [1.807, 2.05) is 0 Å². The molecule has 2 saturated carbocycles. The van der Waals surface area contributed by atoms with E-state index in [0.29, 0.717) is 23.8 Å². The van der Waals surface area contributed by atoms with Crippen molar-refractivity contribution in [3.05, 3.63) is 22.8 Å². The van der Waals surface area contributed by atoms with Gasteiger partial charge in [0.1, 0.15) is 0 Å². The van der Waals surface area contributed by atoms with Crippen molar-refractivity contribution in [2.75, 3.05) is 0 Å². The van der Waals surface area contributed by atoms with Gasteiger partial charge in [0.15, 0.2) is 0 Å². The molecular weight excluding hydrogens is 424 g/mol. The number of carboxylic acids is 1. The topological polar surface area (TPSA) is 77.8 Å². The lowest BCUT2D eigenvalue weighted by Gasteiger charge is -2.62. The number of aliphatic hydroxyl groups excluding tert-OH is 2. The minimum Gasteiger partial charge on any atom is -0.478 e. The Kier molecular flexibility index (Phi) is 6.47. The van der Waals surface area contributed by atoms with Gasteiger partial charge in [-0.3, -0.25) is 0 Å². The second kappa shape index (κ2) is 8.47. The zero-order valence-electron chi connectivity index (χ0n) is 22.6. The lowest BCUT2D eigenvalue weighted by atomic mass is 9.43. The van der Waals surface area contributed by atoms with Crippen LogP contribution in [0.4, 0.5) is 0 Å². The molecule has 8 atom stereocenters. The van der Waals surface area contributed by atoms with Crippen molar-refractivity contribution < 1.29 is 20.1 Å². The Morgan fingerprint density at radius 3 is 2.35 bits per heavy atom. The average molecular weight is 473 g/mol. The number of carboxylic acid groups (broad SMARTS) is 1. The Morgan fingerprint density at radius 2 is 1.71 bits per heavy atom. The van der Waals surface area contributed by atoms with E-state index in [1.165, 1.54) is 19.3 Å². The Balaban J connectivity index is 1.63. The van der Waals surface area contributed by atoms with Crippen molar-refractivity contribution in [3.63, 3.8) is 0 Å². The SMILES string of the molecule is C/C(=C\C[C@@H](O)[C@@H](C)[C@H]1CC[C@@]2(C)C3=C(CC[C@]12C)[C@@]1(C)CC[C@@H](O)C(C)(C)[C@@H]1CC3)C(=O)O. The Bertz CT molecular complexity index is 899. The van der Waals surface area contributed by atoms with Crippen LogP contribution in [0.2, 0.25) is 0 Å². The van der Waals surface area contributed by atoms with Crippen molar-refractivity contribution in [1.82, 2.24) is 0 Å². The molecule has 0 bridgehead atoms. The van der Waals surface area contributed by atoms with Crippen molar-refractivity contribution in [2.45, 2.75) is 118 Å². The highest BCUT2D eigenvalue weighted by molar-refractivity contribution is 5.85. The Labute approximate surface area is 206 Å². The van der Waals surface area contributed by atoms with Crippen LogP contribution in [0.25, 0.3) is 0 Å². The predicted molar refractivity (Wildman–Crippen MR) is 136 cm³/mol. The molecule has 0 amide bonds. The third-order valence-electron chi connectivity index (χ3n) is 12.0. The summed E-state index contributed by atoms with van der Waals surface area (Å²) in [5, 5.41) is 31.0. The van der Waals surface area contributed by atoms with Gasteiger partial charge >= 0.3 is 5.97 Å². The van der Waals surface area contributed by atoms with Crippen LogP contribution in [0, 0.1) is 39.4 Å². The summed E-state index contributed by atoms with van der Waals surface area (Å²) >= 11 is 0. The summed E-state index contributed by atoms with van der Waals surface area (Å²) in [4.78, 5) is 11.2. The summed E-state index contributed by atoms with van der Waals surface area (Å²) in [6.45, 7) is 15.9. The van der Waals surface area contributed by atoms with Gasteiger partial charge in [-0.1, -0.05) is 58.8 Å². The van der Waals surface area contributed by atoms with Crippen LogP contribution in [0.1, 0.15) is 106 Å². The van der Waals surface area contributed by atoms with Gasteiger partial charge in [0.05, 0.1) is 12.2 Å². The number of aliphatic hydroxyl groups is 2. The van der Waals surface area contributed by atoms with Gasteiger partial charge in [-0.25, -0.2) is 4.79 Å². The number of fused-ring (bicyclic) bond motifs is 4. The molecule has 0 heterocycles. The van der Waals surface area contributed by atoms with E-state index in [-0.39, 0.29) is 33.7 Å². The third kappa shape index (κ3) is 3.57. The highest BCUT2D eigenvalue weighted by Crippen LogP contribution is 2.72. The summed E-state index contributed by atoms with van der Waals surface area (Å²) in [6, 6.07) is 0. The fourth-order valence-corrected chi connectivity index (χ4v) is 9.43. The second-order valence-electron chi connectivity index (χ2n) is 13.6. The van der Waals surface area contributed by atoms with Gasteiger partial charge < -0.3 is 15.3 Å². The van der Waals surface area contributed by atoms with Crippen LogP contribution in [0.3, 0.4) is 0 Å². The molecule has 0 aliphatic heterocycles. The summed E-state index contributed by atoms with van der Waals surface area (Å²) in [6.07, 6.45) is 10.3. The zero-order chi connectivity index (χ0) is 25.3. The molecule has 0 spiro atoms. The number of hydrogen-bond acceptors (Lipinski definition) is 3. The lowest BCUT2D eigenvalue weighted by Crippen LogP contribution is -2.55. The summed E-state index contributed by atoms with van der Waals surface area (Å²) in [7, 11) is 0. The first-order valence-electron chi connectivity index (χ1n) is 13.7. The minimum absolute atomic E-state index is 0.0361. The monoisotopic (exact) mass is 472 g/mol. The largest absolute Gasteiger partial charge is 0.478 e. The van der Waals surface area contributed by atoms with Gasteiger partial charge in [-0.05, 0) is 104 Å². The van der Waals surface area contributed by atoms with E-state index in [1.54, 1.807) is 24.1 Å². The smallest absolute Gasteiger partial charge is 0.330 e. The Hall–Kier alpha value is -1.13. The zero-order valence-corrected chi connectivity index (χ0v) is 22.6. The Morgan fingerprint density at radius 1 is 1.03 bits per heavy atom. The summed E-state index contributed by atoms with van der Waals surface area (Å²) in [5.41, 5.74) is 4.24. The predicted octanol–water partition coefficient (Wildman–Crippen LogP) is 6.51. The molecule has 0 saturated heterocycles. The molecular formula is C30H48O4. The molecule has 4 rings (SSSR count). The van der Waals surface area contributed by atoms with E-state index in [2.05, 4.69) is 41.5 Å². The highest BCUT2D eigenvalue weighted by atomic mass is 16.4. The molecule has 0 radical (unpaired) electrons. The fraction of sp³-hybridized carbons (Fsp3) is 0.833. The maximum absolute atomic E-state index is 11.2. The van der Waals surface area contributed by atoms with Crippen molar-refractivity contribution in [2.24, 2.45) is 39.4 Å². The molecule has 4 nitrogen and oxygen atoms in total. The molecule has 0 unspecified atom stereocenters. The first kappa shape index (κ1) is 25.9. The van der Waals surface area contributed by atoms with Crippen LogP contribution in [-0.2, 0) is 4.79 Å². The van der Waals surface area contributed by atoms with Gasteiger partial charge in [-0.2, -0.15) is 0 Å². The standard InChI is InChI=1S/C30H48O4/c1-18(26(33)34)8-10-23(31)19(2)20-12-16-30(7)22-9-11-24-27(3,4)25(32)14-15-28(24,5)21(22)13-17-29(20,30)6/h8,19-20,23-25,31-32H,9-17H2,1-7H3,(H,33,34)/b18-8+/t19-,20+,23+,24-,25+,28+,29+,30-/m0/s1. The molecule has 0 aromatic rings. The number of hydrogen-bond donors (Lipinski definition) is 3. The van der Waals surface area contributed by atoms with Gasteiger partial charge in [0.25, 0.3) is 0 Å². The number of carbonyl (C=O) groups is 1. The molecule has 0 aromatic carbocycles. The van der Waals surface area contributed by atoms with Crippen LogP contribution in [-0.4, -0.2) is 33.5 Å². The fourth-order valence-electron chi connectivity index (χ4n) is 9.43. The molecule has 192 valence electrons. The first-order chi connectivity index (χ1) is 15.7. The number of aliphatic carboxylic acids is 1. The first-order valence-corrected chi connectivity index (χ1v) is 13.7. The van der Waals surface area contributed by atoms with E-state index < -0.39 is 12.1 Å². The van der Waals surface area contributed by atoms with Crippen LogP contribution in [0.5, 0.6) is 0 Å². The third-order valence-corrected chi connectivity index (χ3v) is 12.0. The highest BCUT2D eigenvalue weighted by Gasteiger charge is 2.63. The van der Waals surface area contributed by atoms with E-state index in [9.17, 15) is 15.0 Å². The van der Waals surface area contributed by atoms with Crippen molar-refractivity contribution >= 4 is 5.97 Å². The molecule has 2 fully saturated rings. The summed E-state index contributed by atoms with van der Waals surface area (Å²) < 4.78 is 0.